The lowest BCUT2D eigenvalue weighted by atomic mass is 9.89. The van der Waals surface area contributed by atoms with Gasteiger partial charge in [-0.15, -0.1) is 0 Å². The number of carbonyl (C=O) groups is 1. The fourth-order valence-corrected chi connectivity index (χ4v) is 1.99. The van der Waals surface area contributed by atoms with Crippen molar-refractivity contribution in [3.63, 3.8) is 0 Å². The van der Waals surface area contributed by atoms with E-state index >= 15 is 0 Å². The molecule has 0 atom stereocenters. The van der Waals surface area contributed by atoms with E-state index in [-0.39, 0.29) is 5.41 Å². The highest BCUT2D eigenvalue weighted by atomic mass is 16.1. The lowest BCUT2D eigenvalue weighted by molar-refractivity contribution is -0.126. The Balaban J connectivity index is 2.26. The zero-order chi connectivity index (χ0) is 11.3. The van der Waals surface area contributed by atoms with Gasteiger partial charge in [0, 0.05) is 18.4 Å². The van der Waals surface area contributed by atoms with Crippen LogP contribution in [0.3, 0.4) is 0 Å². The summed E-state index contributed by atoms with van der Waals surface area (Å²) >= 11 is 0. The van der Waals surface area contributed by atoms with Crippen LogP contribution in [0.4, 0.5) is 0 Å². The maximum absolute atomic E-state index is 11.8. The Morgan fingerprint density at radius 3 is 2.07 bits per heavy atom. The average Bonchev–Trinajstić information content (AvgIpc) is 2.40. The molecule has 2 nitrogen and oxygen atoms in total. The predicted molar refractivity (Wildman–Crippen MR) is 64.0 cm³/mol. The van der Waals surface area contributed by atoms with E-state index in [1.165, 1.54) is 38.8 Å². The molecular formula is C13H25NO. The average molecular weight is 211 g/mol. The summed E-state index contributed by atoms with van der Waals surface area (Å²) in [5.41, 5.74) is -0.161. The third-order valence-corrected chi connectivity index (χ3v) is 3.19. The normalized spacial score (nSPS) is 19.9. The third kappa shape index (κ3) is 4.78. The van der Waals surface area contributed by atoms with Crippen molar-refractivity contribution in [1.82, 2.24) is 4.90 Å². The van der Waals surface area contributed by atoms with E-state index < -0.39 is 0 Å². The smallest absolute Gasteiger partial charge is 0.139 e. The van der Waals surface area contributed by atoms with Crippen LogP contribution < -0.4 is 0 Å². The topological polar surface area (TPSA) is 20.3 Å². The van der Waals surface area contributed by atoms with E-state index in [4.69, 9.17) is 0 Å². The van der Waals surface area contributed by atoms with Crippen LogP contribution in [0, 0.1) is 5.41 Å². The van der Waals surface area contributed by atoms with E-state index in [2.05, 4.69) is 4.90 Å². The van der Waals surface area contributed by atoms with E-state index in [1.807, 2.05) is 20.8 Å². The number of hydrogen-bond donors (Lipinski definition) is 0. The Labute approximate surface area is 94.0 Å². The van der Waals surface area contributed by atoms with Crippen LogP contribution >= 0.6 is 0 Å². The lowest BCUT2D eigenvalue weighted by Crippen LogP contribution is -2.30. The summed E-state index contributed by atoms with van der Waals surface area (Å²) in [5, 5.41) is 0. The molecule has 0 aromatic heterocycles. The molecule has 0 N–H and O–H groups in total. The van der Waals surface area contributed by atoms with Gasteiger partial charge in [0.05, 0.1) is 0 Å². The first kappa shape index (κ1) is 12.7. The van der Waals surface area contributed by atoms with Gasteiger partial charge in [-0.25, -0.2) is 0 Å². The zero-order valence-electron chi connectivity index (χ0n) is 10.5. The van der Waals surface area contributed by atoms with Gasteiger partial charge in [-0.2, -0.15) is 0 Å². The van der Waals surface area contributed by atoms with Gasteiger partial charge >= 0.3 is 0 Å². The second-order valence-corrected chi connectivity index (χ2v) is 5.68. The van der Waals surface area contributed by atoms with Crippen LogP contribution in [0.2, 0.25) is 0 Å². The van der Waals surface area contributed by atoms with E-state index in [0.717, 1.165) is 13.0 Å². The Morgan fingerprint density at radius 1 is 1.07 bits per heavy atom. The number of ketones is 1. The molecule has 0 unspecified atom stereocenters. The fourth-order valence-electron chi connectivity index (χ4n) is 1.99. The molecule has 1 heterocycles. The largest absolute Gasteiger partial charge is 0.303 e. The summed E-state index contributed by atoms with van der Waals surface area (Å²) < 4.78 is 0. The number of hydrogen-bond acceptors (Lipinski definition) is 2. The number of carbonyl (C=O) groups excluding carboxylic acids is 1. The highest BCUT2D eigenvalue weighted by Crippen LogP contribution is 2.17. The molecule has 0 bridgehead atoms. The van der Waals surface area contributed by atoms with E-state index in [1.54, 1.807) is 0 Å². The summed E-state index contributed by atoms with van der Waals surface area (Å²) in [5.74, 6) is 0.395. The van der Waals surface area contributed by atoms with Crippen molar-refractivity contribution < 1.29 is 4.79 Å². The van der Waals surface area contributed by atoms with Crippen molar-refractivity contribution in [2.45, 2.75) is 52.9 Å². The molecule has 0 radical (unpaired) electrons. The molecule has 1 rings (SSSR count). The first-order valence-corrected chi connectivity index (χ1v) is 6.26. The highest BCUT2D eigenvalue weighted by molar-refractivity contribution is 5.83. The number of Topliss-reactive ketones (excluding diaryl/α,β-unsaturated/α-hetero) is 1. The molecule has 0 amide bonds. The Morgan fingerprint density at radius 2 is 1.60 bits per heavy atom. The quantitative estimate of drug-likeness (QED) is 0.715. The first-order chi connectivity index (χ1) is 7.00. The van der Waals surface area contributed by atoms with Gasteiger partial charge in [0.1, 0.15) is 5.78 Å². The number of nitrogens with zero attached hydrogens (tertiary/aromatic N) is 1. The first-order valence-electron chi connectivity index (χ1n) is 6.26. The summed E-state index contributed by atoms with van der Waals surface area (Å²) in [6, 6.07) is 0. The third-order valence-electron chi connectivity index (χ3n) is 3.19. The van der Waals surface area contributed by atoms with Crippen molar-refractivity contribution in [2.75, 3.05) is 19.6 Å². The SMILES string of the molecule is CC(C)(C)C(=O)CCN1CCCCCC1. The molecule has 0 spiro atoms. The van der Waals surface area contributed by atoms with Crippen molar-refractivity contribution in [3.8, 4) is 0 Å². The van der Waals surface area contributed by atoms with Gasteiger partial charge in [0.25, 0.3) is 0 Å². The van der Waals surface area contributed by atoms with Gasteiger partial charge in [0.2, 0.25) is 0 Å². The van der Waals surface area contributed by atoms with Gasteiger partial charge in [-0.1, -0.05) is 33.6 Å². The molecule has 15 heavy (non-hydrogen) atoms. The van der Waals surface area contributed by atoms with Crippen molar-refractivity contribution >= 4 is 5.78 Å². The van der Waals surface area contributed by atoms with E-state index in [9.17, 15) is 4.79 Å². The molecular weight excluding hydrogens is 186 g/mol. The maximum Gasteiger partial charge on any atom is 0.139 e. The van der Waals surface area contributed by atoms with Gasteiger partial charge in [-0.05, 0) is 25.9 Å². The van der Waals surface area contributed by atoms with Crippen LogP contribution in [-0.4, -0.2) is 30.3 Å². The zero-order valence-corrected chi connectivity index (χ0v) is 10.5. The Bertz CT molecular complexity index is 197. The summed E-state index contributed by atoms with van der Waals surface area (Å²) in [7, 11) is 0. The van der Waals surface area contributed by atoms with Gasteiger partial charge < -0.3 is 4.90 Å². The molecule has 0 aromatic carbocycles. The van der Waals surface area contributed by atoms with Crippen LogP contribution in [0.25, 0.3) is 0 Å². The standard InChI is InChI=1S/C13H25NO/c1-13(2,3)12(15)8-11-14-9-6-4-5-7-10-14/h4-11H2,1-3H3. The molecule has 88 valence electrons. The molecule has 0 saturated carbocycles. The molecule has 1 aliphatic heterocycles. The number of likely N-dealkylation sites (tertiary alicyclic amines) is 1. The summed E-state index contributed by atoms with van der Waals surface area (Å²) in [6.45, 7) is 9.39. The highest BCUT2D eigenvalue weighted by Gasteiger charge is 2.21. The Kier molecular flexibility index (Phi) is 4.78. The minimum atomic E-state index is -0.161. The molecule has 1 aliphatic rings. The van der Waals surface area contributed by atoms with Crippen LogP contribution in [0.15, 0.2) is 0 Å². The molecule has 1 fully saturated rings. The summed E-state index contributed by atoms with van der Waals surface area (Å²) in [4.78, 5) is 14.2. The molecule has 1 saturated heterocycles. The Hall–Kier alpha value is -0.370. The molecule has 0 aliphatic carbocycles. The van der Waals surface area contributed by atoms with Gasteiger partial charge in [-0.3, -0.25) is 4.79 Å². The number of rotatable bonds is 3. The lowest BCUT2D eigenvalue weighted by Gasteiger charge is -2.22. The molecule has 2 heteroatoms. The van der Waals surface area contributed by atoms with Crippen LogP contribution in [-0.2, 0) is 4.79 Å². The maximum atomic E-state index is 11.8. The van der Waals surface area contributed by atoms with Crippen LogP contribution in [0.5, 0.6) is 0 Å². The predicted octanol–water partition coefficient (Wildman–Crippen LogP) is 2.87. The van der Waals surface area contributed by atoms with Gasteiger partial charge in [0.15, 0.2) is 0 Å². The second-order valence-electron chi connectivity index (χ2n) is 5.68. The second kappa shape index (κ2) is 5.64. The fraction of sp³-hybridized carbons (Fsp3) is 0.923. The minimum Gasteiger partial charge on any atom is -0.303 e. The van der Waals surface area contributed by atoms with Crippen molar-refractivity contribution in [2.24, 2.45) is 5.41 Å². The van der Waals surface area contributed by atoms with Crippen molar-refractivity contribution in [1.29, 1.82) is 0 Å². The minimum absolute atomic E-state index is 0.161. The summed E-state index contributed by atoms with van der Waals surface area (Å²) in [6.07, 6.45) is 6.07. The van der Waals surface area contributed by atoms with Crippen molar-refractivity contribution in [3.05, 3.63) is 0 Å². The molecule has 0 aromatic rings. The monoisotopic (exact) mass is 211 g/mol. The van der Waals surface area contributed by atoms with Crippen LogP contribution in [0.1, 0.15) is 52.9 Å². The van der Waals surface area contributed by atoms with E-state index in [0.29, 0.717) is 5.78 Å².